The van der Waals surface area contributed by atoms with Crippen molar-refractivity contribution in [1.82, 2.24) is 29.7 Å². The zero-order valence-electron chi connectivity index (χ0n) is 12.7. The Kier molecular flexibility index (Phi) is 3.64. The number of nitrogens with two attached hydrogens (primary N) is 1. The number of likely N-dealkylation sites (N-methyl/N-ethyl adjacent to an activating group) is 2. The van der Waals surface area contributed by atoms with Crippen molar-refractivity contribution in [2.24, 2.45) is 7.05 Å². The maximum Gasteiger partial charge on any atom is 0.263 e. The summed E-state index contributed by atoms with van der Waals surface area (Å²) in [6, 6.07) is 0.403. The van der Waals surface area contributed by atoms with Crippen LogP contribution < -0.4 is 5.73 Å². The molecule has 3 heterocycles. The summed E-state index contributed by atoms with van der Waals surface area (Å²) in [5, 5.41) is 8.16. The van der Waals surface area contributed by atoms with Crippen molar-refractivity contribution in [3.05, 3.63) is 12.0 Å². The van der Waals surface area contributed by atoms with Crippen LogP contribution in [0.25, 0.3) is 11.5 Å². The number of nitrogen functional groups attached to an aromatic ring is 1. The van der Waals surface area contributed by atoms with Gasteiger partial charge in [-0.15, -0.1) is 0 Å². The Morgan fingerprint density at radius 1 is 1.33 bits per heavy atom. The van der Waals surface area contributed by atoms with E-state index >= 15 is 0 Å². The van der Waals surface area contributed by atoms with E-state index in [1.807, 2.05) is 0 Å². The van der Waals surface area contributed by atoms with Gasteiger partial charge in [0.2, 0.25) is 0 Å². The van der Waals surface area contributed by atoms with Gasteiger partial charge in [0.25, 0.3) is 5.89 Å². The summed E-state index contributed by atoms with van der Waals surface area (Å²) >= 11 is 0. The van der Waals surface area contributed by atoms with Crippen molar-refractivity contribution >= 4 is 5.82 Å². The maximum atomic E-state index is 5.93. The summed E-state index contributed by atoms with van der Waals surface area (Å²) in [7, 11) is 6.05. The zero-order chi connectivity index (χ0) is 15.0. The van der Waals surface area contributed by atoms with E-state index in [9.17, 15) is 0 Å². The van der Waals surface area contributed by atoms with E-state index in [0.29, 0.717) is 29.1 Å². The molecule has 0 radical (unpaired) electrons. The van der Waals surface area contributed by atoms with Crippen molar-refractivity contribution in [2.45, 2.75) is 12.5 Å². The first-order valence-electron chi connectivity index (χ1n) is 7.04. The first-order valence-corrected chi connectivity index (χ1v) is 7.04. The minimum Gasteiger partial charge on any atom is -0.383 e. The highest BCUT2D eigenvalue weighted by molar-refractivity contribution is 5.66. The molecular weight excluding hydrogens is 270 g/mol. The van der Waals surface area contributed by atoms with Gasteiger partial charge in [-0.25, -0.2) is 0 Å². The molecule has 1 unspecified atom stereocenters. The standard InChI is InChI=1S/C13H21N7O/c1-18-4-5-19(2)9(8-18)6-11-16-13(21-17-11)10-7-15-20(3)12(10)14/h7,9H,4-6,8,14H2,1-3H3. The lowest BCUT2D eigenvalue weighted by atomic mass is 10.1. The molecule has 3 rings (SSSR count). The number of hydrogen-bond donors (Lipinski definition) is 1. The first-order chi connectivity index (χ1) is 10.0. The SMILES string of the molecule is CN1CCN(C)C(Cc2noc(-c3cnn(C)c3N)n2)C1. The van der Waals surface area contributed by atoms with Gasteiger partial charge in [-0.1, -0.05) is 5.16 Å². The van der Waals surface area contributed by atoms with Gasteiger partial charge < -0.3 is 20.1 Å². The molecule has 8 heteroatoms. The fourth-order valence-corrected chi connectivity index (χ4v) is 2.59. The second-order valence-electron chi connectivity index (χ2n) is 5.68. The minimum atomic E-state index is 0.403. The van der Waals surface area contributed by atoms with E-state index in [1.165, 1.54) is 0 Å². The molecule has 1 aliphatic rings. The van der Waals surface area contributed by atoms with Gasteiger partial charge in [0.1, 0.15) is 11.4 Å². The third-order valence-corrected chi connectivity index (χ3v) is 4.08. The van der Waals surface area contributed by atoms with Crippen LogP contribution in [0, 0.1) is 0 Å². The van der Waals surface area contributed by atoms with E-state index in [4.69, 9.17) is 10.3 Å². The predicted molar refractivity (Wildman–Crippen MR) is 78.5 cm³/mol. The van der Waals surface area contributed by atoms with Crippen molar-refractivity contribution in [1.29, 1.82) is 0 Å². The van der Waals surface area contributed by atoms with Gasteiger partial charge in [0.15, 0.2) is 5.82 Å². The van der Waals surface area contributed by atoms with Crippen LogP contribution in [-0.4, -0.2) is 69.5 Å². The highest BCUT2D eigenvalue weighted by Crippen LogP contribution is 2.23. The highest BCUT2D eigenvalue weighted by atomic mass is 16.5. The van der Waals surface area contributed by atoms with E-state index in [-0.39, 0.29) is 0 Å². The van der Waals surface area contributed by atoms with Crippen LogP contribution in [0.1, 0.15) is 5.82 Å². The molecule has 21 heavy (non-hydrogen) atoms. The maximum absolute atomic E-state index is 5.93. The highest BCUT2D eigenvalue weighted by Gasteiger charge is 2.24. The molecular formula is C13H21N7O. The molecule has 0 aliphatic carbocycles. The first kappa shape index (κ1) is 14.0. The van der Waals surface area contributed by atoms with Crippen LogP contribution in [-0.2, 0) is 13.5 Å². The van der Waals surface area contributed by atoms with Gasteiger partial charge in [-0.3, -0.25) is 4.68 Å². The zero-order valence-corrected chi connectivity index (χ0v) is 12.7. The van der Waals surface area contributed by atoms with Crippen LogP contribution in [0.4, 0.5) is 5.82 Å². The van der Waals surface area contributed by atoms with Gasteiger partial charge in [-0.05, 0) is 14.1 Å². The largest absolute Gasteiger partial charge is 0.383 e. The molecule has 1 atom stereocenters. The van der Waals surface area contributed by atoms with Crippen molar-refractivity contribution in [2.75, 3.05) is 39.5 Å². The summed E-state index contributed by atoms with van der Waals surface area (Å²) in [6.07, 6.45) is 2.41. The second kappa shape index (κ2) is 5.45. The molecule has 0 spiro atoms. The Labute approximate surface area is 123 Å². The Morgan fingerprint density at radius 3 is 2.86 bits per heavy atom. The van der Waals surface area contributed by atoms with Crippen LogP contribution >= 0.6 is 0 Å². The molecule has 2 aromatic heterocycles. The third-order valence-electron chi connectivity index (χ3n) is 4.08. The van der Waals surface area contributed by atoms with Crippen LogP contribution in [0.2, 0.25) is 0 Å². The van der Waals surface area contributed by atoms with E-state index < -0.39 is 0 Å². The minimum absolute atomic E-state index is 0.403. The molecule has 114 valence electrons. The molecule has 1 saturated heterocycles. The third kappa shape index (κ3) is 2.77. The lowest BCUT2D eigenvalue weighted by molar-refractivity contribution is 0.113. The topological polar surface area (TPSA) is 89.2 Å². The molecule has 0 amide bonds. The Bertz CT molecular complexity index is 620. The lowest BCUT2D eigenvalue weighted by Crippen LogP contribution is -2.50. The van der Waals surface area contributed by atoms with Crippen molar-refractivity contribution in [3.63, 3.8) is 0 Å². The lowest BCUT2D eigenvalue weighted by Gasteiger charge is -2.37. The van der Waals surface area contributed by atoms with Gasteiger partial charge in [0.05, 0.1) is 6.20 Å². The number of aryl methyl sites for hydroxylation is 1. The Balaban J connectivity index is 1.74. The molecule has 2 aromatic rings. The summed E-state index contributed by atoms with van der Waals surface area (Å²) < 4.78 is 6.91. The van der Waals surface area contributed by atoms with Crippen molar-refractivity contribution in [3.8, 4) is 11.5 Å². The Morgan fingerprint density at radius 2 is 2.14 bits per heavy atom. The molecule has 0 bridgehead atoms. The molecule has 0 aromatic carbocycles. The monoisotopic (exact) mass is 291 g/mol. The second-order valence-corrected chi connectivity index (χ2v) is 5.68. The summed E-state index contributed by atoms with van der Waals surface area (Å²) in [4.78, 5) is 9.12. The molecule has 8 nitrogen and oxygen atoms in total. The number of rotatable bonds is 3. The Hall–Kier alpha value is -1.93. The predicted octanol–water partition coefficient (Wildman–Crippen LogP) is -0.159. The van der Waals surface area contributed by atoms with E-state index in [0.717, 1.165) is 26.1 Å². The van der Waals surface area contributed by atoms with Gasteiger partial charge in [0, 0.05) is 39.1 Å². The average molecular weight is 291 g/mol. The van der Waals surface area contributed by atoms with E-state index in [1.54, 1.807) is 17.9 Å². The molecule has 2 N–H and O–H groups in total. The van der Waals surface area contributed by atoms with Crippen LogP contribution in [0.5, 0.6) is 0 Å². The fraction of sp³-hybridized carbons (Fsp3) is 0.615. The van der Waals surface area contributed by atoms with Crippen LogP contribution in [0.15, 0.2) is 10.7 Å². The molecule has 1 fully saturated rings. The number of piperazine rings is 1. The van der Waals surface area contributed by atoms with Gasteiger partial charge >= 0.3 is 0 Å². The smallest absolute Gasteiger partial charge is 0.263 e. The summed E-state index contributed by atoms with van der Waals surface area (Å²) in [6.45, 7) is 3.16. The number of anilines is 1. The quantitative estimate of drug-likeness (QED) is 0.840. The average Bonchev–Trinajstić information content (AvgIpc) is 3.03. The fourth-order valence-electron chi connectivity index (χ4n) is 2.59. The molecule has 1 aliphatic heterocycles. The molecule has 0 saturated carbocycles. The number of aromatic nitrogens is 4. The summed E-state index contributed by atoms with van der Waals surface area (Å²) in [5.41, 5.74) is 6.61. The number of nitrogens with zero attached hydrogens (tertiary/aromatic N) is 6. The summed E-state index contributed by atoms with van der Waals surface area (Å²) in [5.74, 6) is 1.67. The van der Waals surface area contributed by atoms with Gasteiger partial charge in [-0.2, -0.15) is 10.1 Å². The van der Waals surface area contributed by atoms with E-state index in [2.05, 4.69) is 39.1 Å². The van der Waals surface area contributed by atoms with Crippen LogP contribution in [0.3, 0.4) is 0 Å². The normalized spacial score (nSPS) is 21.0. The van der Waals surface area contributed by atoms with Crippen molar-refractivity contribution < 1.29 is 4.52 Å². The number of hydrogen-bond acceptors (Lipinski definition) is 7.